The van der Waals surface area contributed by atoms with Gasteiger partial charge in [-0.2, -0.15) is 0 Å². The summed E-state index contributed by atoms with van der Waals surface area (Å²) in [6.07, 6.45) is 2.59. The molecule has 0 radical (unpaired) electrons. The first-order chi connectivity index (χ1) is 6.84. The van der Waals surface area contributed by atoms with Crippen molar-refractivity contribution in [3.05, 3.63) is 0 Å². The number of nitrogens with zero attached hydrogens (tertiary/aromatic N) is 1. The van der Waals surface area contributed by atoms with E-state index in [0.29, 0.717) is 13.0 Å². The average molecular weight is 277 g/mol. The highest BCUT2D eigenvalue weighted by Gasteiger charge is 2.36. The zero-order valence-corrected chi connectivity index (χ0v) is 10.7. The van der Waals surface area contributed by atoms with Gasteiger partial charge in [-0.3, -0.25) is 9.59 Å². The standard InChI is InChI=1S/C10H17BrN2O2/c1-10(2,11)9(15)13-6-4-3-5-7(13)8(12)14/h7H,3-6H2,1-2H3,(H2,12,14). The number of likely N-dealkylation sites (tertiary alicyclic amines) is 1. The van der Waals surface area contributed by atoms with Crippen LogP contribution in [0, 0.1) is 0 Å². The monoisotopic (exact) mass is 276 g/mol. The van der Waals surface area contributed by atoms with Gasteiger partial charge in [0.2, 0.25) is 11.8 Å². The van der Waals surface area contributed by atoms with Gasteiger partial charge in [0, 0.05) is 6.54 Å². The van der Waals surface area contributed by atoms with Crippen LogP contribution in [-0.4, -0.2) is 33.6 Å². The molecule has 1 fully saturated rings. The van der Waals surface area contributed by atoms with Crippen molar-refractivity contribution >= 4 is 27.7 Å². The zero-order valence-electron chi connectivity index (χ0n) is 9.12. The third kappa shape index (κ3) is 2.93. The van der Waals surface area contributed by atoms with Gasteiger partial charge in [0.15, 0.2) is 0 Å². The summed E-state index contributed by atoms with van der Waals surface area (Å²) >= 11 is 3.31. The number of alkyl halides is 1. The third-order valence-electron chi connectivity index (χ3n) is 2.60. The summed E-state index contributed by atoms with van der Waals surface area (Å²) in [5, 5.41) is 0. The van der Waals surface area contributed by atoms with Gasteiger partial charge in [0.1, 0.15) is 6.04 Å². The quantitative estimate of drug-likeness (QED) is 0.766. The highest BCUT2D eigenvalue weighted by molar-refractivity contribution is 9.10. The van der Waals surface area contributed by atoms with E-state index in [1.165, 1.54) is 0 Å². The van der Waals surface area contributed by atoms with E-state index in [1.54, 1.807) is 18.7 Å². The van der Waals surface area contributed by atoms with Crippen LogP contribution in [-0.2, 0) is 9.59 Å². The summed E-state index contributed by atoms with van der Waals surface area (Å²) in [6.45, 7) is 4.19. The summed E-state index contributed by atoms with van der Waals surface area (Å²) in [6, 6.07) is -0.428. The molecule has 1 atom stereocenters. The van der Waals surface area contributed by atoms with Crippen LogP contribution in [0.5, 0.6) is 0 Å². The van der Waals surface area contributed by atoms with Crippen molar-refractivity contribution in [2.75, 3.05) is 6.54 Å². The van der Waals surface area contributed by atoms with Gasteiger partial charge in [-0.05, 0) is 33.1 Å². The summed E-state index contributed by atoms with van der Waals surface area (Å²) in [5.74, 6) is -0.467. The Hall–Kier alpha value is -0.580. The van der Waals surface area contributed by atoms with Crippen LogP contribution >= 0.6 is 15.9 Å². The molecule has 4 nitrogen and oxygen atoms in total. The number of rotatable bonds is 2. The molecule has 1 rings (SSSR count). The predicted molar refractivity (Wildman–Crippen MR) is 61.6 cm³/mol. The Morgan fingerprint density at radius 2 is 2.00 bits per heavy atom. The zero-order chi connectivity index (χ0) is 11.6. The molecule has 0 aromatic carbocycles. The Labute approximate surface area is 98.3 Å². The second kappa shape index (κ2) is 4.51. The third-order valence-corrected chi connectivity index (χ3v) is 2.94. The highest BCUT2D eigenvalue weighted by Crippen LogP contribution is 2.25. The molecule has 0 aromatic heterocycles. The lowest BCUT2D eigenvalue weighted by atomic mass is 9.99. The number of primary amides is 1. The van der Waals surface area contributed by atoms with E-state index in [4.69, 9.17) is 5.73 Å². The second-order valence-corrected chi connectivity index (χ2v) is 6.37. The molecule has 0 bridgehead atoms. The van der Waals surface area contributed by atoms with E-state index in [2.05, 4.69) is 15.9 Å². The van der Waals surface area contributed by atoms with Gasteiger partial charge in [-0.1, -0.05) is 15.9 Å². The summed E-state index contributed by atoms with van der Waals surface area (Å²) < 4.78 is -0.627. The topological polar surface area (TPSA) is 63.4 Å². The molecule has 2 amide bonds. The van der Waals surface area contributed by atoms with Crippen molar-refractivity contribution in [1.82, 2.24) is 4.90 Å². The number of hydrogen-bond donors (Lipinski definition) is 1. The molecule has 0 saturated carbocycles. The van der Waals surface area contributed by atoms with Gasteiger partial charge in [-0.15, -0.1) is 0 Å². The average Bonchev–Trinajstić information content (AvgIpc) is 2.15. The van der Waals surface area contributed by atoms with E-state index >= 15 is 0 Å². The van der Waals surface area contributed by atoms with Crippen LogP contribution in [0.15, 0.2) is 0 Å². The maximum absolute atomic E-state index is 12.0. The number of nitrogens with two attached hydrogens (primary N) is 1. The number of hydrogen-bond acceptors (Lipinski definition) is 2. The van der Waals surface area contributed by atoms with Crippen molar-refractivity contribution < 1.29 is 9.59 Å². The number of piperidine rings is 1. The minimum absolute atomic E-state index is 0.0639. The minimum atomic E-state index is -0.627. The van der Waals surface area contributed by atoms with Gasteiger partial charge in [-0.25, -0.2) is 0 Å². The fourth-order valence-electron chi connectivity index (χ4n) is 1.81. The number of carbonyl (C=O) groups is 2. The van der Waals surface area contributed by atoms with Crippen molar-refractivity contribution in [3.8, 4) is 0 Å². The van der Waals surface area contributed by atoms with E-state index in [0.717, 1.165) is 12.8 Å². The van der Waals surface area contributed by atoms with Crippen molar-refractivity contribution in [2.45, 2.75) is 43.5 Å². The van der Waals surface area contributed by atoms with Gasteiger partial charge in [0.25, 0.3) is 0 Å². The largest absolute Gasteiger partial charge is 0.368 e. The fraction of sp³-hybridized carbons (Fsp3) is 0.800. The number of amides is 2. The molecule has 1 aliphatic rings. The minimum Gasteiger partial charge on any atom is -0.368 e. The smallest absolute Gasteiger partial charge is 0.240 e. The Morgan fingerprint density at radius 1 is 1.40 bits per heavy atom. The Kier molecular flexibility index (Phi) is 3.76. The Balaban J connectivity index is 2.81. The van der Waals surface area contributed by atoms with Crippen LogP contribution in [0.2, 0.25) is 0 Å². The highest BCUT2D eigenvalue weighted by atomic mass is 79.9. The molecule has 15 heavy (non-hydrogen) atoms. The van der Waals surface area contributed by atoms with E-state index in [-0.39, 0.29) is 5.91 Å². The molecule has 0 aromatic rings. The van der Waals surface area contributed by atoms with Gasteiger partial charge in [0.05, 0.1) is 4.32 Å². The molecule has 1 aliphatic heterocycles. The van der Waals surface area contributed by atoms with Crippen LogP contribution < -0.4 is 5.73 Å². The normalized spacial score (nSPS) is 22.6. The van der Waals surface area contributed by atoms with Crippen LogP contribution in [0.25, 0.3) is 0 Å². The molecule has 5 heteroatoms. The van der Waals surface area contributed by atoms with E-state index in [1.807, 2.05) is 0 Å². The molecular weight excluding hydrogens is 260 g/mol. The second-order valence-electron chi connectivity index (χ2n) is 4.38. The van der Waals surface area contributed by atoms with Crippen LogP contribution in [0.4, 0.5) is 0 Å². The van der Waals surface area contributed by atoms with Crippen molar-refractivity contribution in [1.29, 1.82) is 0 Å². The fourth-order valence-corrected chi connectivity index (χ4v) is 2.04. The van der Waals surface area contributed by atoms with E-state index in [9.17, 15) is 9.59 Å². The molecule has 1 unspecified atom stereocenters. The van der Waals surface area contributed by atoms with Crippen molar-refractivity contribution in [2.24, 2.45) is 5.73 Å². The number of halogens is 1. The lowest BCUT2D eigenvalue weighted by Crippen LogP contribution is -2.54. The first-order valence-electron chi connectivity index (χ1n) is 5.13. The van der Waals surface area contributed by atoms with Gasteiger partial charge < -0.3 is 10.6 Å². The molecule has 0 aliphatic carbocycles. The lowest BCUT2D eigenvalue weighted by molar-refractivity contribution is -0.142. The van der Waals surface area contributed by atoms with E-state index < -0.39 is 16.3 Å². The molecule has 2 N–H and O–H groups in total. The maximum Gasteiger partial charge on any atom is 0.240 e. The lowest BCUT2D eigenvalue weighted by Gasteiger charge is -2.36. The van der Waals surface area contributed by atoms with Crippen LogP contribution in [0.1, 0.15) is 33.1 Å². The first kappa shape index (κ1) is 12.5. The summed E-state index contributed by atoms with van der Waals surface area (Å²) in [7, 11) is 0. The molecular formula is C10H17BrN2O2. The molecule has 0 spiro atoms. The summed E-state index contributed by atoms with van der Waals surface area (Å²) in [4.78, 5) is 24.8. The maximum atomic E-state index is 12.0. The first-order valence-corrected chi connectivity index (χ1v) is 5.92. The molecule has 1 saturated heterocycles. The molecule has 1 heterocycles. The van der Waals surface area contributed by atoms with Crippen LogP contribution in [0.3, 0.4) is 0 Å². The SMILES string of the molecule is CC(C)(Br)C(=O)N1CCCCC1C(N)=O. The Morgan fingerprint density at radius 3 is 2.47 bits per heavy atom. The predicted octanol–water partition coefficient (Wildman–Crippen LogP) is 1.03. The Bertz CT molecular complexity index is 273. The summed E-state index contributed by atoms with van der Waals surface area (Å²) in [5.41, 5.74) is 5.29. The number of carbonyl (C=O) groups excluding carboxylic acids is 2. The van der Waals surface area contributed by atoms with Crippen molar-refractivity contribution in [3.63, 3.8) is 0 Å². The molecule has 86 valence electrons. The van der Waals surface area contributed by atoms with Gasteiger partial charge >= 0.3 is 0 Å².